The molecule has 0 aliphatic carbocycles. The van der Waals surface area contributed by atoms with Gasteiger partial charge in [-0.3, -0.25) is 4.79 Å². The molecule has 128 valence electrons. The van der Waals surface area contributed by atoms with Gasteiger partial charge in [0.25, 0.3) is 5.91 Å². The molecule has 0 aliphatic heterocycles. The number of amides is 1. The first-order chi connectivity index (χ1) is 11.4. The molecule has 2 aromatic carbocycles. The van der Waals surface area contributed by atoms with Gasteiger partial charge in [0.05, 0.1) is 22.9 Å². The Labute approximate surface area is 140 Å². The van der Waals surface area contributed by atoms with Crippen molar-refractivity contribution in [3.8, 4) is 5.75 Å². The molecule has 0 bridgehead atoms. The van der Waals surface area contributed by atoms with E-state index in [0.717, 1.165) is 0 Å². The number of ether oxygens (including phenoxy) is 1. The van der Waals surface area contributed by atoms with Gasteiger partial charge in [0.2, 0.25) is 9.84 Å². The summed E-state index contributed by atoms with van der Waals surface area (Å²) in [5.41, 5.74) is 0.686. The minimum atomic E-state index is -3.64. The second-order valence-corrected chi connectivity index (χ2v) is 7.12. The molecule has 0 unspecified atom stereocenters. The predicted octanol–water partition coefficient (Wildman–Crippen LogP) is 2.67. The molecule has 0 aliphatic rings. The molecule has 0 saturated heterocycles. The Morgan fingerprint density at radius 1 is 1.08 bits per heavy atom. The number of alkyl halides is 1. The zero-order valence-corrected chi connectivity index (χ0v) is 14.1. The van der Waals surface area contributed by atoms with Crippen molar-refractivity contribution in [3.05, 3.63) is 54.1 Å². The Bertz CT molecular complexity index is 801. The van der Waals surface area contributed by atoms with E-state index >= 15 is 0 Å². The quantitative estimate of drug-likeness (QED) is 0.868. The van der Waals surface area contributed by atoms with Crippen molar-refractivity contribution in [2.45, 2.75) is 22.8 Å². The van der Waals surface area contributed by atoms with Gasteiger partial charge in [-0.15, -0.1) is 0 Å². The first-order valence-corrected chi connectivity index (χ1v) is 8.71. The van der Waals surface area contributed by atoms with E-state index in [-0.39, 0.29) is 9.79 Å². The van der Waals surface area contributed by atoms with E-state index in [9.17, 15) is 17.6 Å². The summed E-state index contributed by atoms with van der Waals surface area (Å²) in [6.07, 6.45) is 0. The van der Waals surface area contributed by atoms with E-state index in [1.54, 1.807) is 31.2 Å². The van der Waals surface area contributed by atoms with E-state index in [1.807, 2.05) is 0 Å². The van der Waals surface area contributed by atoms with Crippen LogP contribution in [0.4, 0.5) is 4.39 Å². The number of methoxy groups -OCH3 is 1. The number of benzene rings is 2. The molecule has 0 saturated carbocycles. The van der Waals surface area contributed by atoms with E-state index in [0.29, 0.717) is 11.3 Å². The summed E-state index contributed by atoms with van der Waals surface area (Å²) >= 11 is 0. The molecule has 0 fully saturated rings. The van der Waals surface area contributed by atoms with Gasteiger partial charge in [0, 0.05) is 0 Å². The monoisotopic (exact) mass is 351 g/mol. The Hall–Kier alpha value is -2.41. The van der Waals surface area contributed by atoms with Crippen LogP contribution in [0.15, 0.2) is 58.3 Å². The molecule has 24 heavy (non-hydrogen) atoms. The van der Waals surface area contributed by atoms with E-state index in [1.165, 1.54) is 31.4 Å². The largest absolute Gasteiger partial charge is 0.497 e. The summed E-state index contributed by atoms with van der Waals surface area (Å²) in [6.45, 7) is 0.606. The van der Waals surface area contributed by atoms with Crippen molar-refractivity contribution in [1.82, 2.24) is 5.32 Å². The third kappa shape index (κ3) is 3.91. The van der Waals surface area contributed by atoms with Gasteiger partial charge in [0.1, 0.15) is 5.75 Å². The van der Waals surface area contributed by atoms with Gasteiger partial charge in [-0.2, -0.15) is 0 Å². The Morgan fingerprint density at radius 3 is 2.04 bits per heavy atom. The summed E-state index contributed by atoms with van der Waals surface area (Å²) in [6, 6.07) is 11.8. The molecule has 1 atom stereocenters. The molecule has 7 heteroatoms. The number of halogens is 1. The Balaban J connectivity index is 2.23. The highest BCUT2D eigenvalue weighted by atomic mass is 32.2. The van der Waals surface area contributed by atoms with Crippen LogP contribution in [0.1, 0.15) is 18.5 Å². The van der Waals surface area contributed by atoms with Crippen molar-refractivity contribution in [1.29, 1.82) is 0 Å². The number of rotatable bonds is 6. The zero-order valence-electron chi connectivity index (χ0n) is 13.3. The average molecular weight is 351 g/mol. The fourth-order valence-corrected chi connectivity index (χ4v) is 3.45. The molecule has 2 aromatic rings. The summed E-state index contributed by atoms with van der Waals surface area (Å²) in [5, 5.41) is 2.47. The van der Waals surface area contributed by atoms with Gasteiger partial charge in [-0.25, -0.2) is 12.8 Å². The minimum absolute atomic E-state index is 0.139. The number of hydrogen-bond acceptors (Lipinski definition) is 4. The van der Waals surface area contributed by atoms with Crippen LogP contribution in [-0.2, 0) is 14.6 Å². The molecule has 1 amide bonds. The highest BCUT2D eigenvalue weighted by Gasteiger charge is 2.18. The van der Waals surface area contributed by atoms with Crippen LogP contribution in [0.5, 0.6) is 5.75 Å². The van der Waals surface area contributed by atoms with Crippen LogP contribution in [0, 0.1) is 0 Å². The Kier molecular flexibility index (Phi) is 5.56. The molecule has 0 heterocycles. The van der Waals surface area contributed by atoms with Crippen LogP contribution >= 0.6 is 0 Å². The van der Waals surface area contributed by atoms with Gasteiger partial charge < -0.3 is 10.1 Å². The molecule has 0 radical (unpaired) electrons. The summed E-state index contributed by atoms with van der Waals surface area (Å²) in [7, 11) is -2.13. The summed E-state index contributed by atoms with van der Waals surface area (Å²) < 4.78 is 42.4. The van der Waals surface area contributed by atoms with Gasteiger partial charge in [-0.05, 0) is 48.9 Å². The van der Waals surface area contributed by atoms with Crippen molar-refractivity contribution < 1.29 is 22.3 Å². The third-order valence-electron chi connectivity index (χ3n) is 3.56. The lowest BCUT2D eigenvalue weighted by atomic mass is 10.1. The van der Waals surface area contributed by atoms with Crippen molar-refractivity contribution in [2.24, 2.45) is 0 Å². The van der Waals surface area contributed by atoms with Crippen LogP contribution in [0.3, 0.4) is 0 Å². The third-order valence-corrected chi connectivity index (χ3v) is 5.34. The molecule has 2 rings (SSSR count). The summed E-state index contributed by atoms with van der Waals surface area (Å²) in [5.74, 6) is -0.140. The van der Waals surface area contributed by atoms with Crippen molar-refractivity contribution in [2.75, 3.05) is 13.8 Å². The number of nitrogens with one attached hydrogen (secondary N) is 1. The fraction of sp³-hybridized carbons (Fsp3) is 0.235. The minimum Gasteiger partial charge on any atom is -0.497 e. The Morgan fingerprint density at radius 2 is 1.58 bits per heavy atom. The van der Waals surface area contributed by atoms with E-state index in [2.05, 4.69) is 5.32 Å². The van der Waals surface area contributed by atoms with E-state index < -0.39 is 28.5 Å². The van der Waals surface area contributed by atoms with Gasteiger partial charge in [-0.1, -0.05) is 12.1 Å². The molecule has 5 nitrogen and oxygen atoms in total. The predicted molar refractivity (Wildman–Crippen MR) is 87.4 cm³/mol. The maximum atomic E-state index is 12.6. The molecular formula is C17H18FNO4S. The summed E-state index contributed by atoms with van der Waals surface area (Å²) in [4.78, 5) is 11.4. The van der Waals surface area contributed by atoms with Crippen molar-refractivity contribution in [3.63, 3.8) is 0 Å². The molecule has 0 spiro atoms. The number of carbonyl (C=O) groups is 1. The highest BCUT2D eigenvalue weighted by molar-refractivity contribution is 7.91. The highest BCUT2D eigenvalue weighted by Crippen LogP contribution is 2.24. The first kappa shape index (κ1) is 17.9. The second kappa shape index (κ2) is 7.44. The number of sulfone groups is 1. The first-order valence-electron chi connectivity index (χ1n) is 7.23. The normalized spacial score (nSPS) is 12.5. The van der Waals surface area contributed by atoms with Crippen LogP contribution < -0.4 is 10.1 Å². The number of carbonyl (C=O) groups excluding carboxylic acids is 1. The molecular weight excluding hydrogens is 333 g/mol. The average Bonchev–Trinajstić information content (AvgIpc) is 2.61. The maximum Gasteiger partial charge on any atom is 0.251 e. The smallest absolute Gasteiger partial charge is 0.251 e. The van der Waals surface area contributed by atoms with Crippen molar-refractivity contribution >= 4 is 15.7 Å². The number of hydrogen-bond donors (Lipinski definition) is 1. The van der Waals surface area contributed by atoms with Crippen LogP contribution in [-0.4, -0.2) is 28.1 Å². The SMILES string of the molecule is COc1ccc(S(=O)(=O)c2ccc([C@H](C)NC(=O)CF)cc2)cc1. The van der Waals surface area contributed by atoms with Crippen LogP contribution in [0.25, 0.3) is 0 Å². The van der Waals surface area contributed by atoms with E-state index in [4.69, 9.17) is 4.74 Å². The zero-order chi connectivity index (χ0) is 17.7. The fourth-order valence-electron chi connectivity index (χ4n) is 2.19. The van der Waals surface area contributed by atoms with Gasteiger partial charge >= 0.3 is 0 Å². The standard InChI is InChI=1S/C17H18FNO4S/c1-12(19-17(20)11-18)13-3-7-15(8-4-13)24(21,22)16-9-5-14(23-2)6-10-16/h3-10,12H,11H2,1-2H3,(H,19,20)/t12-/m0/s1. The maximum absolute atomic E-state index is 12.6. The lowest BCUT2D eigenvalue weighted by molar-refractivity contribution is -0.122. The second-order valence-electron chi connectivity index (χ2n) is 5.17. The topological polar surface area (TPSA) is 72.5 Å². The van der Waals surface area contributed by atoms with Gasteiger partial charge in [0.15, 0.2) is 6.67 Å². The molecule has 0 aromatic heterocycles. The lowest BCUT2D eigenvalue weighted by Crippen LogP contribution is -2.27. The molecule has 1 N–H and O–H groups in total. The van der Waals surface area contributed by atoms with Crippen LogP contribution in [0.2, 0.25) is 0 Å². The lowest BCUT2D eigenvalue weighted by Gasteiger charge is -2.14.